The van der Waals surface area contributed by atoms with E-state index in [0.717, 1.165) is 50.2 Å². The van der Waals surface area contributed by atoms with Crippen LogP contribution < -0.4 is 15.4 Å². The van der Waals surface area contributed by atoms with Crippen LogP contribution in [0.25, 0.3) is 0 Å². The average Bonchev–Trinajstić information content (AvgIpc) is 3.09. The molecule has 0 saturated carbocycles. The third-order valence-corrected chi connectivity index (χ3v) is 4.60. The predicted molar refractivity (Wildman–Crippen MR) is 100 cm³/mol. The zero-order chi connectivity index (χ0) is 20.0. The van der Waals surface area contributed by atoms with E-state index >= 15 is 0 Å². The van der Waals surface area contributed by atoms with Gasteiger partial charge >= 0.3 is 6.18 Å². The SMILES string of the molecule is O=C(NCCCCNCC1Cc2ccccc2O1)c1cccc(C(F)(F)F)c1. The molecule has 0 aromatic heterocycles. The van der Waals surface area contributed by atoms with Gasteiger partial charge in [-0.25, -0.2) is 0 Å². The molecule has 150 valence electrons. The van der Waals surface area contributed by atoms with Crippen LogP contribution in [0.3, 0.4) is 0 Å². The predicted octanol–water partition coefficient (Wildman–Crippen LogP) is 3.81. The van der Waals surface area contributed by atoms with E-state index in [1.54, 1.807) is 0 Å². The van der Waals surface area contributed by atoms with Gasteiger partial charge in [-0.2, -0.15) is 13.2 Å². The summed E-state index contributed by atoms with van der Waals surface area (Å²) in [6.45, 7) is 1.96. The normalized spacial score (nSPS) is 15.8. The quantitative estimate of drug-likeness (QED) is 0.672. The second kappa shape index (κ2) is 9.10. The van der Waals surface area contributed by atoms with Crippen LogP contribution in [0.2, 0.25) is 0 Å². The van der Waals surface area contributed by atoms with Crippen molar-refractivity contribution in [2.24, 2.45) is 0 Å². The van der Waals surface area contributed by atoms with Gasteiger partial charge in [0.05, 0.1) is 5.56 Å². The third kappa shape index (κ3) is 5.48. The van der Waals surface area contributed by atoms with Crippen molar-refractivity contribution in [1.82, 2.24) is 10.6 Å². The molecule has 0 bridgehead atoms. The van der Waals surface area contributed by atoms with Gasteiger partial charge in [0.1, 0.15) is 11.9 Å². The lowest BCUT2D eigenvalue weighted by Gasteiger charge is -2.12. The fourth-order valence-corrected chi connectivity index (χ4v) is 3.15. The summed E-state index contributed by atoms with van der Waals surface area (Å²) in [6.07, 6.45) is -1.83. The summed E-state index contributed by atoms with van der Waals surface area (Å²) < 4.78 is 43.9. The molecule has 1 heterocycles. The van der Waals surface area contributed by atoms with Crippen molar-refractivity contribution in [3.8, 4) is 5.75 Å². The number of benzene rings is 2. The van der Waals surface area contributed by atoms with Crippen LogP contribution in [0.4, 0.5) is 13.2 Å². The van der Waals surface area contributed by atoms with E-state index < -0.39 is 17.6 Å². The van der Waals surface area contributed by atoms with Gasteiger partial charge in [-0.05, 0) is 49.2 Å². The Bertz CT molecular complexity index is 783. The van der Waals surface area contributed by atoms with Gasteiger partial charge in [-0.3, -0.25) is 4.79 Å². The van der Waals surface area contributed by atoms with Crippen molar-refractivity contribution in [3.63, 3.8) is 0 Å². The van der Waals surface area contributed by atoms with Crippen LogP contribution in [0.5, 0.6) is 5.75 Å². The number of rotatable bonds is 8. The summed E-state index contributed by atoms with van der Waals surface area (Å²) in [5, 5.41) is 6.01. The second-order valence-corrected chi connectivity index (χ2v) is 6.80. The van der Waals surface area contributed by atoms with E-state index in [9.17, 15) is 18.0 Å². The number of hydrogen-bond donors (Lipinski definition) is 2. The van der Waals surface area contributed by atoms with Gasteiger partial charge < -0.3 is 15.4 Å². The van der Waals surface area contributed by atoms with E-state index in [1.165, 1.54) is 17.7 Å². The maximum Gasteiger partial charge on any atom is 0.416 e. The van der Waals surface area contributed by atoms with Crippen LogP contribution in [-0.4, -0.2) is 31.6 Å². The van der Waals surface area contributed by atoms with E-state index in [0.29, 0.717) is 6.54 Å². The second-order valence-electron chi connectivity index (χ2n) is 6.80. The topological polar surface area (TPSA) is 50.4 Å². The first-order valence-electron chi connectivity index (χ1n) is 9.34. The van der Waals surface area contributed by atoms with E-state index in [4.69, 9.17) is 4.74 Å². The van der Waals surface area contributed by atoms with Crippen molar-refractivity contribution >= 4 is 5.91 Å². The van der Waals surface area contributed by atoms with Crippen LogP contribution in [-0.2, 0) is 12.6 Å². The Balaban J connectivity index is 1.29. The standard InChI is InChI=1S/C21H23F3N2O2/c22-21(23,24)17-8-5-7-16(12-17)20(27)26-11-4-3-10-25-14-18-13-15-6-1-2-9-19(15)28-18/h1-2,5-9,12,18,25H,3-4,10-11,13-14H2,(H,26,27). The molecule has 0 spiro atoms. The number of carbonyl (C=O) groups excluding carboxylic acids is 1. The van der Waals surface area contributed by atoms with Crippen molar-refractivity contribution in [2.45, 2.75) is 31.5 Å². The first kappa shape index (κ1) is 20.2. The van der Waals surface area contributed by atoms with Gasteiger partial charge in [0, 0.05) is 25.1 Å². The Labute approximate surface area is 162 Å². The van der Waals surface area contributed by atoms with Crippen LogP contribution in [0.15, 0.2) is 48.5 Å². The molecule has 2 aromatic carbocycles. The number of fused-ring (bicyclic) bond motifs is 1. The largest absolute Gasteiger partial charge is 0.488 e. The minimum atomic E-state index is -4.45. The number of amides is 1. The summed E-state index contributed by atoms with van der Waals surface area (Å²) in [5.41, 5.74) is 0.429. The molecule has 0 radical (unpaired) electrons. The van der Waals surface area contributed by atoms with Gasteiger partial charge in [0.25, 0.3) is 5.91 Å². The monoisotopic (exact) mass is 392 g/mol. The zero-order valence-electron chi connectivity index (χ0n) is 15.4. The molecule has 0 saturated heterocycles. The molecule has 2 aromatic rings. The molecule has 2 N–H and O–H groups in total. The van der Waals surface area contributed by atoms with E-state index in [1.807, 2.05) is 18.2 Å². The molecule has 4 nitrogen and oxygen atoms in total. The van der Waals surface area contributed by atoms with Gasteiger partial charge in [-0.1, -0.05) is 24.3 Å². The minimum absolute atomic E-state index is 0.0194. The van der Waals surface area contributed by atoms with E-state index in [2.05, 4.69) is 16.7 Å². The Morgan fingerprint density at radius 1 is 1.07 bits per heavy atom. The molecule has 1 aliphatic rings. The third-order valence-electron chi connectivity index (χ3n) is 4.60. The highest BCUT2D eigenvalue weighted by Gasteiger charge is 2.30. The van der Waals surface area contributed by atoms with Crippen LogP contribution in [0, 0.1) is 0 Å². The molecular weight excluding hydrogens is 369 g/mol. The molecule has 1 atom stereocenters. The van der Waals surface area contributed by atoms with Crippen molar-refractivity contribution in [3.05, 3.63) is 65.2 Å². The minimum Gasteiger partial charge on any atom is -0.488 e. The smallest absolute Gasteiger partial charge is 0.416 e. The molecule has 0 fully saturated rings. The lowest BCUT2D eigenvalue weighted by molar-refractivity contribution is -0.137. The molecule has 7 heteroatoms. The summed E-state index contributed by atoms with van der Waals surface area (Å²) in [6, 6.07) is 12.5. The molecular formula is C21H23F3N2O2. The average molecular weight is 392 g/mol. The number of para-hydroxylation sites is 1. The number of hydrogen-bond acceptors (Lipinski definition) is 3. The first-order chi connectivity index (χ1) is 13.4. The summed E-state index contributed by atoms with van der Waals surface area (Å²) in [5.74, 6) is 0.461. The molecule has 28 heavy (non-hydrogen) atoms. The maximum atomic E-state index is 12.7. The Morgan fingerprint density at radius 2 is 1.86 bits per heavy atom. The molecule has 0 aliphatic carbocycles. The van der Waals surface area contributed by atoms with Crippen molar-refractivity contribution in [2.75, 3.05) is 19.6 Å². The fourth-order valence-electron chi connectivity index (χ4n) is 3.15. The summed E-state index contributed by atoms with van der Waals surface area (Å²) >= 11 is 0. The number of nitrogens with one attached hydrogen (secondary N) is 2. The van der Waals surface area contributed by atoms with Gasteiger partial charge in [0.15, 0.2) is 0 Å². The number of alkyl halides is 3. The fraction of sp³-hybridized carbons (Fsp3) is 0.381. The number of ether oxygens (including phenoxy) is 1. The van der Waals surface area contributed by atoms with Crippen LogP contribution >= 0.6 is 0 Å². The zero-order valence-corrected chi connectivity index (χ0v) is 15.4. The first-order valence-corrected chi connectivity index (χ1v) is 9.34. The highest BCUT2D eigenvalue weighted by Crippen LogP contribution is 2.29. The molecule has 3 rings (SSSR count). The number of unbranched alkanes of at least 4 members (excludes halogenated alkanes) is 1. The van der Waals surface area contributed by atoms with Crippen molar-refractivity contribution < 1.29 is 22.7 Å². The van der Waals surface area contributed by atoms with Gasteiger partial charge in [-0.15, -0.1) is 0 Å². The molecule has 1 aliphatic heterocycles. The Hall–Kier alpha value is -2.54. The number of halogens is 3. The summed E-state index contributed by atoms with van der Waals surface area (Å²) in [7, 11) is 0. The Morgan fingerprint density at radius 3 is 2.64 bits per heavy atom. The van der Waals surface area contributed by atoms with E-state index in [-0.39, 0.29) is 11.7 Å². The maximum absolute atomic E-state index is 12.7. The van der Waals surface area contributed by atoms with Gasteiger partial charge in [0.2, 0.25) is 0 Å². The summed E-state index contributed by atoms with van der Waals surface area (Å²) in [4.78, 5) is 12.0. The van der Waals surface area contributed by atoms with Crippen molar-refractivity contribution in [1.29, 1.82) is 0 Å². The highest BCUT2D eigenvalue weighted by atomic mass is 19.4. The number of carbonyl (C=O) groups is 1. The lowest BCUT2D eigenvalue weighted by atomic mass is 10.1. The van der Waals surface area contributed by atoms with Crippen LogP contribution in [0.1, 0.15) is 34.3 Å². The molecule has 1 amide bonds. The Kier molecular flexibility index (Phi) is 6.57. The highest BCUT2D eigenvalue weighted by molar-refractivity contribution is 5.94. The molecule has 1 unspecified atom stereocenters. The lowest BCUT2D eigenvalue weighted by Crippen LogP contribution is -2.31.